The minimum atomic E-state index is -4.61. The van der Waals surface area contributed by atoms with E-state index in [0.29, 0.717) is 5.69 Å². The molecule has 1 aromatic rings. The Bertz CT molecular complexity index is 583. The summed E-state index contributed by atoms with van der Waals surface area (Å²) in [7, 11) is -2.99. The van der Waals surface area contributed by atoms with Crippen LogP contribution >= 0.6 is 0 Å². The van der Waals surface area contributed by atoms with Crippen molar-refractivity contribution in [3.8, 4) is 0 Å². The Balaban J connectivity index is 2.91. The van der Waals surface area contributed by atoms with E-state index < -0.39 is 26.0 Å². The van der Waals surface area contributed by atoms with Gasteiger partial charge in [0, 0.05) is 5.69 Å². The highest BCUT2D eigenvalue weighted by Gasteiger charge is 2.27. The lowest BCUT2D eigenvalue weighted by molar-refractivity contribution is -0.121. The number of rotatable bonds is 5. The van der Waals surface area contributed by atoms with Gasteiger partial charge in [0.15, 0.2) is 0 Å². The van der Waals surface area contributed by atoms with Crippen LogP contribution in [0, 0.1) is 0 Å². The Morgan fingerprint density at radius 2 is 1.70 bits per heavy atom. The van der Waals surface area contributed by atoms with E-state index in [9.17, 15) is 22.0 Å². The summed E-state index contributed by atoms with van der Waals surface area (Å²) in [6, 6.07) is 4.59. The second kappa shape index (κ2) is 5.84. The van der Waals surface area contributed by atoms with Crippen LogP contribution in [0.5, 0.6) is 0 Å². The normalized spacial score (nSPS) is 12.5. The topological polar surface area (TPSA) is 75.3 Å². The minimum absolute atomic E-state index is 0.326. The highest BCUT2D eigenvalue weighted by Crippen LogP contribution is 2.20. The predicted octanol–water partition coefficient (Wildman–Crippen LogP) is 1.62. The van der Waals surface area contributed by atoms with Gasteiger partial charge in [-0.3, -0.25) is 4.79 Å². The van der Waals surface area contributed by atoms with Gasteiger partial charge in [0.25, 0.3) is 0 Å². The Morgan fingerprint density at radius 3 is 2.10 bits per heavy atom. The van der Waals surface area contributed by atoms with Gasteiger partial charge in [-0.25, -0.2) is 8.42 Å². The molecule has 1 rings (SSSR count). The third-order valence-corrected chi connectivity index (χ3v) is 4.27. The Labute approximate surface area is 116 Å². The van der Waals surface area contributed by atoms with E-state index in [1.165, 1.54) is 12.1 Å². The second-order valence-corrected chi connectivity index (χ2v) is 6.58. The molecule has 0 aromatic heterocycles. The lowest BCUT2D eigenvalue weighted by Crippen LogP contribution is -2.47. The minimum Gasteiger partial charge on any atom is -0.325 e. The zero-order chi connectivity index (χ0) is 15.6. The molecule has 1 amide bonds. The van der Waals surface area contributed by atoms with Gasteiger partial charge in [0.2, 0.25) is 15.7 Å². The summed E-state index contributed by atoms with van der Waals surface area (Å²) in [6.45, 7) is 3.33. The molecule has 0 unspecified atom stereocenters. The van der Waals surface area contributed by atoms with E-state index in [2.05, 4.69) is 10.6 Å². The maximum atomic E-state index is 12.3. The van der Waals surface area contributed by atoms with E-state index in [0.717, 1.165) is 12.1 Å². The van der Waals surface area contributed by atoms with Crippen molar-refractivity contribution in [2.75, 3.05) is 12.4 Å². The van der Waals surface area contributed by atoms with Crippen molar-refractivity contribution in [3.05, 3.63) is 24.3 Å². The molecule has 0 radical (unpaired) electrons. The average Bonchev–Trinajstić information content (AvgIpc) is 2.39. The number of hydrogen-bond donors (Lipinski definition) is 2. The Hall–Kier alpha value is -1.54. The van der Waals surface area contributed by atoms with Crippen molar-refractivity contribution in [1.29, 1.82) is 0 Å². The second-order valence-electron chi connectivity index (χ2n) is 4.66. The third-order valence-electron chi connectivity index (χ3n) is 2.87. The van der Waals surface area contributed by atoms with Gasteiger partial charge in [-0.2, -0.15) is 8.78 Å². The van der Waals surface area contributed by atoms with Gasteiger partial charge < -0.3 is 10.6 Å². The molecular formula is C12H16F2N2O3S. The van der Waals surface area contributed by atoms with Crippen molar-refractivity contribution in [2.45, 2.75) is 30.0 Å². The quantitative estimate of drug-likeness (QED) is 0.867. The van der Waals surface area contributed by atoms with Crippen LogP contribution in [0.3, 0.4) is 0 Å². The molecule has 5 nitrogen and oxygen atoms in total. The predicted molar refractivity (Wildman–Crippen MR) is 71.4 cm³/mol. The van der Waals surface area contributed by atoms with Gasteiger partial charge in [-0.1, -0.05) is 0 Å². The number of halogens is 2. The summed E-state index contributed by atoms with van der Waals surface area (Å²) in [5.74, 6) is -3.80. The summed E-state index contributed by atoms with van der Waals surface area (Å²) in [4.78, 5) is 11.4. The maximum Gasteiger partial charge on any atom is 0.341 e. The van der Waals surface area contributed by atoms with Gasteiger partial charge >= 0.3 is 5.76 Å². The van der Waals surface area contributed by atoms with Crippen LogP contribution in [0.2, 0.25) is 0 Å². The fraction of sp³-hybridized carbons (Fsp3) is 0.417. The first-order valence-corrected chi connectivity index (χ1v) is 7.28. The molecule has 0 aliphatic rings. The standard InChI is InChI=1S/C12H16F2N2O3S/c1-12(2,15-3)10(17)16-8-4-6-9(7-5-8)20(18,19)11(13)14/h4-7,11,15H,1-3H3,(H,16,17). The molecule has 20 heavy (non-hydrogen) atoms. The number of carbonyl (C=O) groups is 1. The van der Waals surface area contributed by atoms with E-state index in [1.807, 2.05) is 0 Å². The number of benzene rings is 1. The summed E-state index contributed by atoms with van der Waals surface area (Å²) < 4.78 is 47.1. The molecule has 0 saturated heterocycles. The van der Waals surface area contributed by atoms with Crippen LogP contribution in [0.4, 0.5) is 14.5 Å². The smallest absolute Gasteiger partial charge is 0.325 e. The first-order chi connectivity index (χ1) is 9.11. The Morgan fingerprint density at radius 1 is 1.20 bits per heavy atom. The largest absolute Gasteiger partial charge is 0.341 e. The fourth-order valence-electron chi connectivity index (χ4n) is 1.23. The molecule has 1 aromatic carbocycles. The van der Waals surface area contributed by atoms with Crippen LogP contribution in [0.1, 0.15) is 13.8 Å². The van der Waals surface area contributed by atoms with Gasteiger partial charge in [-0.15, -0.1) is 0 Å². The van der Waals surface area contributed by atoms with Crippen molar-refractivity contribution in [3.63, 3.8) is 0 Å². The SMILES string of the molecule is CNC(C)(C)C(=O)Nc1ccc(S(=O)(=O)C(F)F)cc1. The van der Waals surface area contributed by atoms with E-state index in [-0.39, 0.29) is 5.91 Å². The van der Waals surface area contributed by atoms with E-state index in [4.69, 9.17) is 0 Å². The first kappa shape index (κ1) is 16.5. The molecule has 0 bridgehead atoms. The lowest BCUT2D eigenvalue weighted by Gasteiger charge is -2.22. The molecule has 0 heterocycles. The number of amides is 1. The van der Waals surface area contributed by atoms with Crippen LogP contribution < -0.4 is 10.6 Å². The average molecular weight is 306 g/mol. The molecule has 0 fully saturated rings. The van der Waals surface area contributed by atoms with Crippen molar-refractivity contribution < 1.29 is 22.0 Å². The zero-order valence-corrected chi connectivity index (χ0v) is 12.1. The van der Waals surface area contributed by atoms with Crippen LogP contribution in [-0.4, -0.2) is 32.7 Å². The first-order valence-electron chi connectivity index (χ1n) is 5.74. The molecule has 0 aliphatic heterocycles. The van der Waals surface area contributed by atoms with Crippen molar-refractivity contribution in [2.24, 2.45) is 0 Å². The van der Waals surface area contributed by atoms with E-state index >= 15 is 0 Å². The monoisotopic (exact) mass is 306 g/mol. The van der Waals surface area contributed by atoms with Gasteiger partial charge in [-0.05, 0) is 45.2 Å². The maximum absolute atomic E-state index is 12.3. The molecule has 2 N–H and O–H groups in total. The summed E-state index contributed by atoms with van der Waals surface area (Å²) >= 11 is 0. The Kier molecular flexibility index (Phi) is 4.82. The van der Waals surface area contributed by atoms with Crippen LogP contribution in [-0.2, 0) is 14.6 Å². The van der Waals surface area contributed by atoms with E-state index in [1.54, 1.807) is 20.9 Å². The molecule has 0 saturated carbocycles. The lowest BCUT2D eigenvalue weighted by atomic mass is 10.1. The number of hydrogen-bond acceptors (Lipinski definition) is 4. The molecular weight excluding hydrogens is 290 g/mol. The number of likely N-dealkylation sites (N-methyl/N-ethyl adjacent to an activating group) is 1. The summed E-state index contributed by atoms with van der Waals surface area (Å²) in [6.07, 6.45) is 0. The summed E-state index contributed by atoms with van der Waals surface area (Å²) in [5, 5.41) is 5.36. The highest BCUT2D eigenvalue weighted by molar-refractivity contribution is 7.91. The molecule has 0 spiro atoms. The number of sulfone groups is 1. The number of carbonyl (C=O) groups excluding carboxylic acids is 1. The molecule has 0 aliphatic carbocycles. The van der Waals surface area contributed by atoms with Gasteiger partial charge in [0.1, 0.15) is 0 Å². The fourth-order valence-corrected chi connectivity index (χ4v) is 1.95. The zero-order valence-electron chi connectivity index (χ0n) is 11.3. The third kappa shape index (κ3) is 3.51. The highest BCUT2D eigenvalue weighted by atomic mass is 32.2. The molecule has 112 valence electrons. The summed E-state index contributed by atoms with van der Waals surface area (Å²) in [5.41, 5.74) is -0.486. The molecule has 8 heteroatoms. The van der Waals surface area contributed by atoms with Crippen LogP contribution in [0.15, 0.2) is 29.2 Å². The van der Waals surface area contributed by atoms with Gasteiger partial charge in [0.05, 0.1) is 10.4 Å². The number of anilines is 1. The number of alkyl halides is 2. The number of nitrogens with one attached hydrogen (secondary N) is 2. The molecule has 0 atom stereocenters. The van der Waals surface area contributed by atoms with Crippen molar-refractivity contribution >= 4 is 21.4 Å². The van der Waals surface area contributed by atoms with Crippen LogP contribution in [0.25, 0.3) is 0 Å². The van der Waals surface area contributed by atoms with Crippen molar-refractivity contribution in [1.82, 2.24) is 5.32 Å².